The molecule has 0 saturated heterocycles. The second-order valence-electron chi connectivity index (χ2n) is 7.76. The van der Waals surface area contributed by atoms with E-state index in [0.717, 1.165) is 16.6 Å². The van der Waals surface area contributed by atoms with Crippen molar-refractivity contribution in [3.05, 3.63) is 100 Å². The summed E-state index contributed by atoms with van der Waals surface area (Å²) in [6, 6.07) is 20.6. The highest BCUT2D eigenvalue weighted by molar-refractivity contribution is 5.92. The number of aromatic nitrogens is 1. The van der Waals surface area contributed by atoms with Crippen LogP contribution in [0.2, 0.25) is 0 Å². The molecular weight excluding hydrogens is 421 g/mol. The van der Waals surface area contributed by atoms with Gasteiger partial charge in [0, 0.05) is 29.5 Å². The van der Waals surface area contributed by atoms with Crippen LogP contribution in [0.5, 0.6) is 5.75 Å². The lowest BCUT2D eigenvalue weighted by Crippen LogP contribution is -2.30. The molecule has 0 unspecified atom stereocenters. The molecule has 3 aromatic carbocycles. The molecule has 33 heavy (non-hydrogen) atoms. The van der Waals surface area contributed by atoms with Crippen molar-refractivity contribution in [3.63, 3.8) is 0 Å². The van der Waals surface area contributed by atoms with E-state index in [1.807, 2.05) is 49.4 Å². The Labute approximate surface area is 190 Å². The highest BCUT2D eigenvalue weighted by atomic mass is 19.1. The van der Waals surface area contributed by atoms with Gasteiger partial charge in [-0.3, -0.25) is 14.2 Å². The second kappa shape index (κ2) is 9.56. The van der Waals surface area contributed by atoms with Crippen molar-refractivity contribution < 1.29 is 13.9 Å². The topological polar surface area (TPSA) is 72.4 Å². The Morgan fingerprint density at radius 3 is 2.36 bits per heavy atom. The first-order chi connectivity index (χ1) is 15.9. The Kier molecular flexibility index (Phi) is 6.40. The Morgan fingerprint density at radius 2 is 1.67 bits per heavy atom. The molecule has 168 valence electrons. The number of benzene rings is 3. The molecule has 0 aliphatic carbocycles. The van der Waals surface area contributed by atoms with Gasteiger partial charge in [-0.1, -0.05) is 17.7 Å². The summed E-state index contributed by atoms with van der Waals surface area (Å²) in [6.45, 7) is 2.12. The number of carbonyl (C=O) groups is 1. The molecule has 0 bridgehead atoms. The maximum absolute atomic E-state index is 13.3. The number of halogens is 1. The van der Waals surface area contributed by atoms with Gasteiger partial charge in [0.15, 0.2) is 0 Å². The summed E-state index contributed by atoms with van der Waals surface area (Å²) in [5.41, 5.74) is 3.35. The van der Waals surface area contributed by atoms with E-state index in [1.165, 1.54) is 28.8 Å². The highest BCUT2D eigenvalue weighted by Gasteiger charge is 2.14. The molecule has 0 atom stereocenters. The molecule has 0 fully saturated rings. The number of aryl methyl sites for hydroxylation is 1. The van der Waals surface area contributed by atoms with Crippen LogP contribution in [0.1, 0.15) is 11.1 Å². The van der Waals surface area contributed by atoms with Crippen LogP contribution in [-0.4, -0.2) is 17.6 Å². The first kappa shape index (κ1) is 22.1. The average molecular weight is 445 g/mol. The minimum Gasteiger partial charge on any atom is -0.497 e. The van der Waals surface area contributed by atoms with Gasteiger partial charge >= 0.3 is 0 Å². The number of methoxy groups -OCH3 is 1. The van der Waals surface area contributed by atoms with E-state index in [9.17, 15) is 14.0 Å². The molecule has 0 saturated carbocycles. The zero-order valence-corrected chi connectivity index (χ0v) is 18.4. The first-order valence-corrected chi connectivity index (χ1v) is 10.5. The normalized spacial score (nSPS) is 10.8. The van der Waals surface area contributed by atoms with Gasteiger partial charge in [0.25, 0.3) is 5.56 Å². The molecule has 0 aliphatic heterocycles. The van der Waals surface area contributed by atoms with Crippen LogP contribution in [0.4, 0.5) is 15.8 Å². The molecule has 0 aliphatic rings. The summed E-state index contributed by atoms with van der Waals surface area (Å²) < 4.78 is 19.9. The number of hydrogen-bond donors (Lipinski definition) is 2. The zero-order valence-electron chi connectivity index (χ0n) is 18.4. The lowest BCUT2D eigenvalue weighted by molar-refractivity contribution is -0.116. The van der Waals surface area contributed by atoms with Crippen LogP contribution < -0.4 is 20.9 Å². The number of fused-ring (bicyclic) bond motifs is 1. The molecule has 2 N–H and O–H groups in total. The van der Waals surface area contributed by atoms with E-state index < -0.39 is 11.7 Å². The van der Waals surface area contributed by atoms with Crippen molar-refractivity contribution >= 4 is 28.2 Å². The fourth-order valence-corrected chi connectivity index (χ4v) is 3.57. The average Bonchev–Trinajstić information content (AvgIpc) is 2.82. The fourth-order valence-electron chi connectivity index (χ4n) is 3.57. The SMILES string of the molecule is COc1ccc2cc(CNc3ccc(C)cc3)c(=O)n(CC(=O)Nc3ccc(F)cc3)c2c1. The molecule has 1 heterocycles. The third-order valence-corrected chi connectivity index (χ3v) is 5.34. The summed E-state index contributed by atoms with van der Waals surface area (Å²) in [5.74, 6) is -0.201. The number of nitrogens with zero attached hydrogens (tertiary/aromatic N) is 1. The van der Waals surface area contributed by atoms with E-state index in [0.29, 0.717) is 29.1 Å². The summed E-state index contributed by atoms with van der Waals surface area (Å²) in [4.78, 5) is 26.1. The van der Waals surface area contributed by atoms with Crippen LogP contribution in [0.15, 0.2) is 77.6 Å². The number of hydrogen-bond acceptors (Lipinski definition) is 4. The van der Waals surface area contributed by atoms with Crippen molar-refractivity contribution in [1.82, 2.24) is 4.57 Å². The Hall–Kier alpha value is -4.13. The van der Waals surface area contributed by atoms with Gasteiger partial charge in [0.2, 0.25) is 5.91 Å². The Bertz CT molecular complexity index is 1350. The molecule has 1 aromatic heterocycles. The van der Waals surface area contributed by atoms with E-state index in [4.69, 9.17) is 4.74 Å². The number of ether oxygens (including phenoxy) is 1. The van der Waals surface area contributed by atoms with Gasteiger partial charge in [0.1, 0.15) is 18.1 Å². The van der Waals surface area contributed by atoms with Gasteiger partial charge in [-0.15, -0.1) is 0 Å². The van der Waals surface area contributed by atoms with Crippen LogP contribution in [0.25, 0.3) is 10.9 Å². The molecule has 1 amide bonds. The van der Waals surface area contributed by atoms with E-state index in [1.54, 1.807) is 13.2 Å². The fraction of sp³-hybridized carbons (Fsp3) is 0.154. The summed E-state index contributed by atoms with van der Waals surface area (Å²) in [5, 5.41) is 6.79. The van der Waals surface area contributed by atoms with Gasteiger partial charge in [-0.2, -0.15) is 0 Å². The largest absolute Gasteiger partial charge is 0.497 e. The maximum atomic E-state index is 13.3. The number of nitrogens with one attached hydrogen (secondary N) is 2. The standard InChI is InChI=1S/C26H24FN3O3/c1-17-3-8-21(9-4-17)28-15-19-13-18-5-12-23(33-2)14-24(18)30(26(19)32)16-25(31)29-22-10-6-20(27)7-11-22/h3-14,28H,15-16H2,1-2H3,(H,29,31). The maximum Gasteiger partial charge on any atom is 0.256 e. The molecule has 4 aromatic rings. The van der Waals surface area contributed by atoms with Crippen LogP contribution in [0.3, 0.4) is 0 Å². The number of pyridine rings is 1. The lowest BCUT2D eigenvalue weighted by atomic mass is 10.1. The number of carbonyl (C=O) groups excluding carboxylic acids is 1. The Balaban J connectivity index is 1.66. The van der Waals surface area contributed by atoms with Gasteiger partial charge < -0.3 is 15.4 Å². The predicted octanol–water partition coefficient (Wildman–Crippen LogP) is 4.71. The molecule has 6 nitrogen and oxygen atoms in total. The van der Waals surface area contributed by atoms with Gasteiger partial charge in [-0.05, 0) is 66.9 Å². The number of rotatable bonds is 7. The van der Waals surface area contributed by atoms with Crippen molar-refractivity contribution in [2.45, 2.75) is 20.0 Å². The predicted molar refractivity (Wildman–Crippen MR) is 128 cm³/mol. The second-order valence-corrected chi connectivity index (χ2v) is 7.76. The van der Waals surface area contributed by atoms with Crippen LogP contribution >= 0.6 is 0 Å². The first-order valence-electron chi connectivity index (χ1n) is 10.5. The van der Waals surface area contributed by atoms with E-state index in [-0.39, 0.29) is 12.1 Å². The summed E-state index contributed by atoms with van der Waals surface area (Å²) >= 11 is 0. The van der Waals surface area contributed by atoms with Crippen LogP contribution in [-0.2, 0) is 17.9 Å². The van der Waals surface area contributed by atoms with Crippen molar-refractivity contribution in [3.8, 4) is 5.75 Å². The summed E-state index contributed by atoms with van der Waals surface area (Å²) in [7, 11) is 1.55. The monoisotopic (exact) mass is 445 g/mol. The van der Waals surface area contributed by atoms with E-state index >= 15 is 0 Å². The quantitative estimate of drug-likeness (QED) is 0.432. The minimum absolute atomic E-state index is 0.196. The molecule has 0 spiro atoms. The minimum atomic E-state index is -0.393. The third kappa shape index (κ3) is 5.20. The highest BCUT2D eigenvalue weighted by Crippen LogP contribution is 2.21. The van der Waals surface area contributed by atoms with Gasteiger partial charge in [-0.25, -0.2) is 4.39 Å². The third-order valence-electron chi connectivity index (χ3n) is 5.34. The molecular formula is C26H24FN3O3. The lowest BCUT2D eigenvalue weighted by Gasteiger charge is -2.15. The molecule has 0 radical (unpaired) electrons. The molecule has 7 heteroatoms. The molecule has 4 rings (SSSR count). The Morgan fingerprint density at radius 1 is 0.970 bits per heavy atom. The number of amides is 1. The van der Waals surface area contributed by atoms with Crippen molar-refractivity contribution in [2.24, 2.45) is 0 Å². The van der Waals surface area contributed by atoms with Crippen molar-refractivity contribution in [1.29, 1.82) is 0 Å². The number of anilines is 2. The van der Waals surface area contributed by atoms with Gasteiger partial charge in [0.05, 0.1) is 12.6 Å². The van der Waals surface area contributed by atoms with Crippen molar-refractivity contribution in [2.75, 3.05) is 17.7 Å². The summed E-state index contributed by atoms with van der Waals surface area (Å²) in [6.07, 6.45) is 0. The smallest absolute Gasteiger partial charge is 0.256 e. The van der Waals surface area contributed by atoms with Crippen LogP contribution in [0, 0.1) is 12.7 Å². The van der Waals surface area contributed by atoms with E-state index in [2.05, 4.69) is 10.6 Å². The zero-order chi connectivity index (χ0) is 23.4.